The Morgan fingerprint density at radius 3 is 2.56 bits per heavy atom. The molecule has 0 bridgehead atoms. The average Bonchev–Trinajstić information content (AvgIpc) is 2.75. The number of anilines is 1. The Morgan fingerprint density at radius 2 is 2.00 bits per heavy atom. The molecule has 4 heteroatoms. The molecule has 0 aliphatic heterocycles. The zero-order valence-corrected chi connectivity index (χ0v) is 11.5. The third-order valence-corrected chi connectivity index (χ3v) is 3.67. The molecule has 1 aliphatic rings. The second kappa shape index (κ2) is 6.76. The number of benzene rings is 1. The number of hydrogen-bond acceptors (Lipinski definition) is 2. The van der Waals surface area contributed by atoms with E-state index >= 15 is 0 Å². The van der Waals surface area contributed by atoms with Crippen molar-refractivity contribution in [2.45, 2.75) is 31.7 Å². The first-order valence-electron chi connectivity index (χ1n) is 6.25. The lowest BCUT2D eigenvalue weighted by Gasteiger charge is -2.21. The van der Waals surface area contributed by atoms with Gasteiger partial charge in [-0.25, -0.2) is 0 Å². The predicted molar refractivity (Wildman–Crippen MR) is 77.0 cm³/mol. The number of hydrogen-bond donors (Lipinski definition) is 1. The highest BCUT2D eigenvalue weighted by Gasteiger charge is 2.27. The van der Waals surface area contributed by atoms with E-state index in [1.807, 2.05) is 37.4 Å². The van der Waals surface area contributed by atoms with Crippen LogP contribution in [0, 0.1) is 5.92 Å². The standard InChI is InChI=1S/C14H20N2O.ClH/c1-16(12-7-3-2-4-8-12)14(17)10-11-6-5-9-13(11)15;/h2-4,7-8,11,13H,5-6,9-10,15H2,1H3;1H/t11-,13+;/m0./s1. The molecule has 1 saturated carbocycles. The van der Waals surface area contributed by atoms with Crippen LogP contribution >= 0.6 is 12.4 Å². The van der Waals surface area contributed by atoms with Crippen molar-refractivity contribution in [1.29, 1.82) is 0 Å². The summed E-state index contributed by atoms with van der Waals surface area (Å²) in [5, 5.41) is 0. The normalized spacial score (nSPS) is 22.3. The first-order valence-corrected chi connectivity index (χ1v) is 6.25. The molecule has 0 heterocycles. The maximum atomic E-state index is 12.1. The molecular weight excluding hydrogens is 248 g/mol. The molecule has 1 fully saturated rings. The van der Waals surface area contributed by atoms with Gasteiger partial charge in [0.25, 0.3) is 0 Å². The molecule has 2 atom stereocenters. The van der Waals surface area contributed by atoms with Crippen LogP contribution in [0.2, 0.25) is 0 Å². The first kappa shape index (κ1) is 15.0. The Bertz CT molecular complexity index is 383. The third-order valence-electron chi connectivity index (χ3n) is 3.67. The summed E-state index contributed by atoms with van der Waals surface area (Å²) in [5.41, 5.74) is 6.94. The maximum absolute atomic E-state index is 12.1. The summed E-state index contributed by atoms with van der Waals surface area (Å²) in [4.78, 5) is 13.8. The second-order valence-corrected chi connectivity index (χ2v) is 4.85. The van der Waals surface area contributed by atoms with Crippen LogP contribution in [0.5, 0.6) is 0 Å². The SMILES string of the molecule is CN(C(=O)C[C@@H]1CCC[C@H]1N)c1ccccc1.Cl. The van der Waals surface area contributed by atoms with Crippen molar-refractivity contribution >= 4 is 24.0 Å². The molecule has 1 amide bonds. The van der Waals surface area contributed by atoms with Gasteiger partial charge in [0, 0.05) is 25.2 Å². The minimum Gasteiger partial charge on any atom is -0.327 e. The van der Waals surface area contributed by atoms with Crippen LogP contribution in [0.3, 0.4) is 0 Å². The number of rotatable bonds is 3. The van der Waals surface area contributed by atoms with E-state index in [4.69, 9.17) is 5.73 Å². The fourth-order valence-electron chi connectivity index (χ4n) is 2.48. The molecule has 0 saturated heterocycles. The molecule has 2 N–H and O–H groups in total. The minimum atomic E-state index is 0. The highest BCUT2D eigenvalue weighted by Crippen LogP contribution is 2.27. The van der Waals surface area contributed by atoms with Crippen LogP contribution in [-0.2, 0) is 4.79 Å². The Kier molecular flexibility index (Phi) is 5.63. The van der Waals surface area contributed by atoms with Crippen molar-refractivity contribution in [3.8, 4) is 0 Å². The van der Waals surface area contributed by atoms with Gasteiger partial charge in [0.15, 0.2) is 0 Å². The molecular formula is C14H21ClN2O. The minimum absolute atomic E-state index is 0. The molecule has 2 rings (SSSR count). The van der Waals surface area contributed by atoms with Gasteiger partial charge in [0.05, 0.1) is 0 Å². The van der Waals surface area contributed by atoms with Gasteiger partial charge in [-0.3, -0.25) is 4.79 Å². The van der Waals surface area contributed by atoms with Gasteiger partial charge in [-0.15, -0.1) is 12.4 Å². The molecule has 100 valence electrons. The summed E-state index contributed by atoms with van der Waals surface area (Å²) in [5.74, 6) is 0.534. The molecule has 0 aromatic heterocycles. The van der Waals surface area contributed by atoms with Crippen LogP contribution in [0.25, 0.3) is 0 Å². The van der Waals surface area contributed by atoms with Gasteiger partial charge in [0.1, 0.15) is 0 Å². The number of nitrogens with two attached hydrogens (primary N) is 1. The quantitative estimate of drug-likeness (QED) is 0.916. The van der Waals surface area contributed by atoms with E-state index in [1.54, 1.807) is 4.90 Å². The van der Waals surface area contributed by atoms with Crippen LogP contribution < -0.4 is 10.6 Å². The zero-order chi connectivity index (χ0) is 12.3. The smallest absolute Gasteiger partial charge is 0.227 e. The lowest BCUT2D eigenvalue weighted by molar-refractivity contribution is -0.119. The zero-order valence-electron chi connectivity index (χ0n) is 10.7. The molecule has 0 radical (unpaired) electrons. The lowest BCUT2D eigenvalue weighted by Crippen LogP contribution is -2.32. The molecule has 3 nitrogen and oxygen atoms in total. The first-order chi connectivity index (χ1) is 8.18. The summed E-state index contributed by atoms with van der Waals surface area (Å²) in [7, 11) is 1.83. The Hall–Kier alpha value is -1.06. The highest BCUT2D eigenvalue weighted by atomic mass is 35.5. The number of halogens is 1. The Balaban J connectivity index is 0.00000162. The van der Waals surface area contributed by atoms with Crippen LogP contribution in [0.15, 0.2) is 30.3 Å². The maximum Gasteiger partial charge on any atom is 0.227 e. The molecule has 18 heavy (non-hydrogen) atoms. The Morgan fingerprint density at radius 1 is 1.33 bits per heavy atom. The van der Waals surface area contributed by atoms with E-state index in [1.165, 1.54) is 0 Å². The number of nitrogens with zero attached hydrogens (tertiary/aromatic N) is 1. The van der Waals surface area contributed by atoms with Crippen molar-refractivity contribution in [2.24, 2.45) is 11.7 Å². The van der Waals surface area contributed by atoms with Crippen LogP contribution in [0.4, 0.5) is 5.69 Å². The number of amides is 1. The fraction of sp³-hybridized carbons (Fsp3) is 0.500. The summed E-state index contributed by atoms with van der Waals surface area (Å²) in [6.45, 7) is 0. The fourth-order valence-corrected chi connectivity index (χ4v) is 2.48. The van der Waals surface area contributed by atoms with Crippen molar-refractivity contribution in [3.63, 3.8) is 0 Å². The van der Waals surface area contributed by atoms with Crippen molar-refractivity contribution in [3.05, 3.63) is 30.3 Å². The highest BCUT2D eigenvalue weighted by molar-refractivity contribution is 5.92. The summed E-state index contributed by atoms with van der Waals surface area (Å²) >= 11 is 0. The summed E-state index contributed by atoms with van der Waals surface area (Å²) < 4.78 is 0. The predicted octanol–water partition coefficient (Wildman–Crippen LogP) is 2.59. The molecule has 0 spiro atoms. The van der Waals surface area contributed by atoms with E-state index in [-0.39, 0.29) is 24.4 Å². The van der Waals surface area contributed by atoms with E-state index < -0.39 is 0 Å². The van der Waals surface area contributed by atoms with Gasteiger partial charge in [0.2, 0.25) is 5.91 Å². The van der Waals surface area contributed by atoms with E-state index in [0.29, 0.717) is 12.3 Å². The summed E-state index contributed by atoms with van der Waals surface area (Å²) in [6, 6.07) is 9.96. The van der Waals surface area contributed by atoms with Gasteiger partial charge in [-0.05, 0) is 30.9 Å². The topological polar surface area (TPSA) is 46.3 Å². The molecule has 1 aromatic carbocycles. The molecule has 0 unspecified atom stereocenters. The van der Waals surface area contributed by atoms with Crippen molar-refractivity contribution < 1.29 is 4.79 Å². The van der Waals surface area contributed by atoms with Crippen molar-refractivity contribution in [1.82, 2.24) is 0 Å². The second-order valence-electron chi connectivity index (χ2n) is 4.85. The summed E-state index contributed by atoms with van der Waals surface area (Å²) in [6.07, 6.45) is 3.89. The monoisotopic (exact) mass is 268 g/mol. The van der Waals surface area contributed by atoms with E-state index in [0.717, 1.165) is 24.9 Å². The van der Waals surface area contributed by atoms with E-state index in [9.17, 15) is 4.79 Å². The third kappa shape index (κ3) is 3.47. The van der Waals surface area contributed by atoms with Gasteiger partial charge >= 0.3 is 0 Å². The average molecular weight is 269 g/mol. The molecule has 1 aliphatic carbocycles. The Labute approximate surface area is 115 Å². The van der Waals surface area contributed by atoms with Crippen LogP contribution in [-0.4, -0.2) is 19.0 Å². The lowest BCUT2D eigenvalue weighted by atomic mass is 9.99. The number of carbonyl (C=O) groups excluding carboxylic acids is 1. The largest absolute Gasteiger partial charge is 0.327 e. The van der Waals surface area contributed by atoms with Gasteiger partial charge in [-0.1, -0.05) is 24.6 Å². The number of carbonyl (C=O) groups is 1. The van der Waals surface area contributed by atoms with E-state index in [2.05, 4.69) is 0 Å². The molecule has 1 aromatic rings. The van der Waals surface area contributed by atoms with Gasteiger partial charge in [-0.2, -0.15) is 0 Å². The van der Waals surface area contributed by atoms with Crippen LogP contribution in [0.1, 0.15) is 25.7 Å². The number of para-hydroxylation sites is 1. The van der Waals surface area contributed by atoms with Gasteiger partial charge < -0.3 is 10.6 Å². The van der Waals surface area contributed by atoms with Crippen molar-refractivity contribution in [2.75, 3.05) is 11.9 Å².